The largest absolute Gasteiger partial charge is 0.366 e. The summed E-state index contributed by atoms with van der Waals surface area (Å²) in [5, 5.41) is 2.82. The molecule has 0 aliphatic heterocycles. The number of thiazole rings is 1. The number of carbonyl (C=O) groups excluding carboxylic acids is 1. The fraction of sp³-hybridized carbons (Fsp3) is 0.286. The maximum Gasteiger partial charge on any atom is 0.248 e. The second-order valence-electron chi connectivity index (χ2n) is 4.84. The zero-order valence-corrected chi connectivity index (χ0v) is 11.6. The molecule has 3 rings (SSSR count). The van der Waals surface area contributed by atoms with E-state index in [1.165, 1.54) is 6.07 Å². The van der Waals surface area contributed by atoms with Crippen molar-refractivity contribution >= 4 is 22.4 Å². The van der Waals surface area contributed by atoms with Gasteiger partial charge in [-0.25, -0.2) is 9.37 Å². The normalized spacial score (nSPS) is 14.2. The summed E-state index contributed by atoms with van der Waals surface area (Å²) in [6, 6.07) is 4.83. The predicted octanol–water partition coefficient (Wildman–Crippen LogP) is 2.55. The average molecular weight is 291 g/mol. The van der Waals surface area contributed by atoms with Gasteiger partial charge < -0.3 is 10.6 Å². The predicted molar refractivity (Wildman–Crippen MR) is 76.2 cm³/mol. The van der Waals surface area contributed by atoms with Crippen LogP contribution in [-0.2, 0) is 6.54 Å². The topological polar surface area (TPSA) is 59.2 Å². The molecule has 2 aromatic rings. The van der Waals surface area contributed by atoms with E-state index < -0.39 is 11.7 Å². The molecule has 1 aliphatic carbocycles. The van der Waals surface area contributed by atoms with Gasteiger partial charge in [0.25, 0.3) is 0 Å². The molecule has 104 valence electrons. The van der Waals surface area contributed by atoms with Crippen LogP contribution in [0.2, 0.25) is 0 Å². The Morgan fingerprint density at radius 3 is 2.85 bits per heavy atom. The summed E-state index contributed by atoms with van der Waals surface area (Å²) in [5.74, 6) is -1.02. The van der Waals surface area contributed by atoms with E-state index in [0.29, 0.717) is 18.2 Å². The summed E-state index contributed by atoms with van der Waals surface area (Å²) in [6.07, 6.45) is 3.98. The number of amides is 1. The smallest absolute Gasteiger partial charge is 0.248 e. The first-order valence-corrected chi connectivity index (χ1v) is 7.27. The van der Waals surface area contributed by atoms with Gasteiger partial charge in [-0.2, -0.15) is 0 Å². The van der Waals surface area contributed by atoms with E-state index >= 15 is 0 Å². The van der Waals surface area contributed by atoms with Crippen molar-refractivity contribution in [3.8, 4) is 0 Å². The van der Waals surface area contributed by atoms with E-state index in [9.17, 15) is 9.18 Å². The van der Waals surface area contributed by atoms with Crippen molar-refractivity contribution in [1.82, 2.24) is 4.98 Å². The highest BCUT2D eigenvalue weighted by Crippen LogP contribution is 2.34. The van der Waals surface area contributed by atoms with Crippen molar-refractivity contribution in [2.24, 2.45) is 5.73 Å². The number of hydrogen-bond donors (Lipinski definition) is 1. The van der Waals surface area contributed by atoms with Crippen LogP contribution in [0, 0.1) is 5.82 Å². The maximum atomic E-state index is 14.0. The van der Waals surface area contributed by atoms with E-state index in [-0.39, 0.29) is 5.56 Å². The third kappa shape index (κ3) is 2.65. The number of aromatic nitrogens is 1. The lowest BCUT2D eigenvalue weighted by Crippen LogP contribution is -2.25. The minimum atomic E-state index is -0.616. The molecule has 1 fully saturated rings. The van der Waals surface area contributed by atoms with Crippen LogP contribution in [-0.4, -0.2) is 16.9 Å². The molecule has 1 heterocycles. The quantitative estimate of drug-likeness (QED) is 0.921. The van der Waals surface area contributed by atoms with Gasteiger partial charge in [-0.1, -0.05) is 6.07 Å². The molecule has 1 aromatic heterocycles. The molecule has 1 aliphatic rings. The van der Waals surface area contributed by atoms with Gasteiger partial charge >= 0.3 is 0 Å². The summed E-state index contributed by atoms with van der Waals surface area (Å²) in [6.45, 7) is 0.461. The van der Waals surface area contributed by atoms with Crippen molar-refractivity contribution in [3.63, 3.8) is 0 Å². The molecule has 1 aromatic carbocycles. The molecule has 2 N–H and O–H groups in total. The summed E-state index contributed by atoms with van der Waals surface area (Å²) in [4.78, 5) is 17.4. The Morgan fingerprint density at radius 2 is 2.30 bits per heavy atom. The molecular weight excluding hydrogens is 277 g/mol. The molecule has 0 unspecified atom stereocenters. The average Bonchev–Trinajstić information content (AvgIpc) is 3.11. The molecule has 0 atom stereocenters. The van der Waals surface area contributed by atoms with E-state index in [1.807, 2.05) is 5.38 Å². The molecule has 1 saturated carbocycles. The number of rotatable bonds is 5. The second-order valence-corrected chi connectivity index (χ2v) is 5.72. The second kappa shape index (κ2) is 5.20. The number of benzene rings is 1. The van der Waals surface area contributed by atoms with Gasteiger partial charge in [0.2, 0.25) is 5.91 Å². The fourth-order valence-corrected chi connectivity index (χ4v) is 2.82. The number of hydrogen-bond acceptors (Lipinski definition) is 4. The van der Waals surface area contributed by atoms with E-state index in [2.05, 4.69) is 9.88 Å². The summed E-state index contributed by atoms with van der Waals surface area (Å²) >= 11 is 1.55. The van der Waals surface area contributed by atoms with E-state index in [4.69, 9.17) is 5.73 Å². The Bertz CT molecular complexity index is 625. The number of carbonyl (C=O) groups is 1. The lowest BCUT2D eigenvalue weighted by atomic mass is 10.1. The fourth-order valence-electron chi connectivity index (χ4n) is 2.11. The third-order valence-electron chi connectivity index (χ3n) is 3.33. The van der Waals surface area contributed by atoms with Crippen molar-refractivity contribution in [2.45, 2.75) is 25.4 Å². The molecular formula is C14H14FN3OS. The molecule has 4 nitrogen and oxygen atoms in total. The summed E-state index contributed by atoms with van der Waals surface area (Å²) in [5.41, 5.74) is 5.89. The van der Waals surface area contributed by atoms with E-state index in [0.717, 1.165) is 18.0 Å². The Balaban J connectivity index is 1.84. The number of anilines is 1. The number of nitrogens with two attached hydrogens (primary N) is 1. The molecule has 0 saturated heterocycles. The van der Waals surface area contributed by atoms with Gasteiger partial charge in [-0.05, 0) is 25.0 Å². The van der Waals surface area contributed by atoms with Gasteiger partial charge in [0.15, 0.2) is 5.13 Å². The standard InChI is InChI=1S/C14H14FN3OS/c15-12-7-9(13(16)19)1-2-10(12)8-18(11-3-4-11)14-17-5-6-20-14/h1-2,5-7,11H,3-4,8H2,(H2,16,19). The van der Waals surface area contributed by atoms with Crippen molar-refractivity contribution in [2.75, 3.05) is 4.90 Å². The van der Waals surface area contributed by atoms with Crippen molar-refractivity contribution in [1.29, 1.82) is 0 Å². The Morgan fingerprint density at radius 1 is 1.50 bits per heavy atom. The van der Waals surface area contributed by atoms with Gasteiger partial charge in [-0.15, -0.1) is 11.3 Å². The first-order valence-electron chi connectivity index (χ1n) is 6.39. The molecule has 20 heavy (non-hydrogen) atoms. The number of halogens is 1. The first kappa shape index (κ1) is 13.1. The number of primary amides is 1. The molecule has 0 radical (unpaired) electrons. The highest BCUT2D eigenvalue weighted by atomic mass is 32.1. The zero-order valence-electron chi connectivity index (χ0n) is 10.8. The SMILES string of the molecule is NC(=O)c1ccc(CN(c2nccs2)C2CC2)c(F)c1. The van der Waals surface area contributed by atoms with E-state index in [1.54, 1.807) is 29.7 Å². The van der Waals surface area contributed by atoms with Crippen LogP contribution in [0.25, 0.3) is 0 Å². The van der Waals surface area contributed by atoms with Crippen molar-refractivity contribution < 1.29 is 9.18 Å². The summed E-state index contributed by atoms with van der Waals surface area (Å²) in [7, 11) is 0. The monoisotopic (exact) mass is 291 g/mol. The zero-order chi connectivity index (χ0) is 14.1. The van der Waals surface area contributed by atoms with Gasteiger partial charge in [0.05, 0.1) is 0 Å². The van der Waals surface area contributed by atoms with Crippen LogP contribution in [0.1, 0.15) is 28.8 Å². The highest BCUT2D eigenvalue weighted by molar-refractivity contribution is 7.13. The Labute approximate surface area is 120 Å². The number of nitrogens with zero attached hydrogens (tertiary/aromatic N) is 2. The highest BCUT2D eigenvalue weighted by Gasteiger charge is 2.31. The summed E-state index contributed by atoms with van der Waals surface area (Å²) < 4.78 is 14.0. The van der Waals surface area contributed by atoms with Crippen LogP contribution in [0.3, 0.4) is 0 Å². The molecule has 0 spiro atoms. The lowest BCUT2D eigenvalue weighted by molar-refractivity contribution is 0.1000. The molecule has 1 amide bonds. The molecule has 0 bridgehead atoms. The minimum absolute atomic E-state index is 0.193. The van der Waals surface area contributed by atoms with Gasteiger partial charge in [0, 0.05) is 35.3 Å². The minimum Gasteiger partial charge on any atom is -0.366 e. The van der Waals surface area contributed by atoms with Crippen LogP contribution >= 0.6 is 11.3 Å². The Hall–Kier alpha value is -1.95. The van der Waals surface area contributed by atoms with Crippen LogP contribution in [0.15, 0.2) is 29.8 Å². The molecule has 6 heteroatoms. The maximum absolute atomic E-state index is 14.0. The van der Waals surface area contributed by atoms with Crippen LogP contribution < -0.4 is 10.6 Å². The van der Waals surface area contributed by atoms with Gasteiger partial charge in [-0.3, -0.25) is 4.79 Å². The van der Waals surface area contributed by atoms with Crippen LogP contribution in [0.5, 0.6) is 0 Å². The first-order chi connectivity index (χ1) is 9.65. The van der Waals surface area contributed by atoms with Gasteiger partial charge in [0.1, 0.15) is 5.82 Å². The Kier molecular flexibility index (Phi) is 3.40. The lowest BCUT2D eigenvalue weighted by Gasteiger charge is -2.21. The third-order valence-corrected chi connectivity index (χ3v) is 4.14. The van der Waals surface area contributed by atoms with Crippen LogP contribution in [0.4, 0.5) is 9.52 Å². The van der Waals surface area contributed by atoms with Crippen molar-refractivity contribution in [3.05, 3.63) is 46.7 Å².